The fraction of sp³-hybridized carbons (Fsp3) is 0.588. The number of rotatable bonds is 7. The van der Waals surface area contributed by atoms with Crippen LogP contribution in [-0.4, -0.2) is 42.3 Å². The molecule has 2 amide bonds. The molecule has 2 unspecified atom stereocenters. The highest BCUT2D eigenvalue weighted by Gasteiger charge is 2.25. The maximum Gasteiger partial charge on any atom is 0.317 e. The Morgan fingerprint density at radius 1 is 1.38 bits per heavy atom. The summed E-state index contributed by atoms with van der Waals surface area (Å²) in [6.07, 6.45) is 2.76. The van der Waals surface area contributed by atoms with Crippen LogP contribution in [-0.2, 0) is 0 Å². The van der Waals surface area contributed by atoms with Gasteiger partial charge in [-0.25, -0.2) is 4.79 Å². The van der Waals surface area contributed by atoms with Crippen LogP contribution in [0, 0.1) is 5.92 Å². The second-order valence-electron chi connectivity index (χ2n) is 6.20. The summed E-state index contributed by atoms with van der Waals surface area (Å²) in [5.74, 6) is 0.840. The molecule has 0 heterocycles. The van der Waals surface area contributed by atoms with Gasteiger partial charge in [-0.15, -0.1) is 0 Å². The maximum atomic E-state index is 12.1. The number of aliphatic hydroxyl groups is 1. The molecule has 0 bridgehead atoms. The topological polar surface area (TPSA) is 52.6 Å². The first kappa shape index (κ1) is 15.8. The summed E-state index contributed by atoms with van der Waals surface area (Å²) < 4.78 is 0. The number of amides is 2. The van der Waals surface area contributed by atoms with Crippen molar-refractivity contribution in [3.8, 4) is 0 Å². The third-order valence-corrected chi connectivity index (χ3v) is 3.97. The van der Waals surface area contributed by atoms with E-state index in [4.69, 9.17) is 0 Å². The minimum absolute atomic E-state index is 0.0200. The van der Waals surface area contributed by atoms with Crippen LogP contribution in [0.4, 0.5) is 4.79 Å². The quantitative estimate of drug-likeness (QED) is 0.811. The number of benzene rings is 1. The number of carbonyl (C=O) groups excluding carboxylic acids is 1. The molecule has 0 radical (unpaired) electrons. The number of nitrogens with zero attached hydrogens (tertiary/aromatic N) is 1. The summed E-state index contributed by atoms with van der Waals surface area (Å²) in [7, 11) is 1.85. The molecule has 1 aliphatic rings. The Balaban J connectivity index is 1.87. The summed E-state index contributed by atoms with van der Waals surface area (Å²) in [4.78, 5) is 13.8. The Morgan fingerprint density at radius 2 is 2.05 bits per heavy atom. The Hall–Kier alpha value is -1.55. The van der Waals surface area contributed by atoms with Crippen molar-refractivity contribution in [2.75, 3.05) is 20.1 Å². The predicted molar refractivity (Wildman–Crippen MR) is 84.2 cm³/mol. The normalized spacial score (nSPS) is 17.1. The summed E-state index contributed by atoms with van der Waals surface area (Å²) in [6.45, 7) is 3.19. The zero-order valence-electron chi connectivity index (χ0n) is 13.0. The average molecular weight is 290 g/mol. The third kappa shape index (κ3) is 5.38. The van der Waals surface area contributed by atoms with Crippen molar-refractivity contribution in [1.29, 1.82) is 0 Å². The van der Waals surface area contributed by atoms with Crippen molar-refractivity contribution in [2.24, 2.45) is 5.92 Å². The lowest BCUT2D eigenvalue weighted by Gasteiger charge is -2.22. The fourth-order valence-corrected chi connectivity index (χ4v) is 2.59. The summed E-state index contributed by atoms with van der Waals surface area (Å²) in [6, 6.07) is 10.0. The number of carbonyl (C=O) groups is 1. The standard InChI is InChI=1S/C17H26N2O2/c1-13(20)10-16(15-6-4-3-5-7-15)11-18-17(21)19(2)12-14-8-9-14/h3-7,13-14,16,20H,8-12H2,1-2H3,(H,18,21). The van der Waals surface area contributed by atoms with Crippen molar-refractivity contribution in [1.82, 2.24) is 10.2 Å². The Labute approximate surface area is 127 Å². The molecule has 0 saturated heterocycles. The molecule has 116 valence electrons. The Bertz CT molecular complexity index is 443. The van der Waals surface area contributed by atoms with Crippen LogP contribution < -0.4 is 5.32 Å². The van der Waals surface area contributed by atoms with Crippen molar-refractivity contribution >= 4 is 6.03 Å². The van der Waals surface area contributed by atoms with Gasteiger partial charge in [-0.3, -0.25) is 0 Å². The molecule has 0 aromatic heterocycles. The molecule has 2 N–H and O–H groups in total. The van der Waals surface area contributed by atoms with Gasteiger partial charge < -0.3 is 15.3 Å². The summed E-state index contributed by atoms with van der Waals surface area (Å²) >= 11 is 0. The van der Waals surface area contributed by atoms with Crippen LogP contribution in [0.2, 0.25) is 0 Å². The lowest BCUT2D eigenvalue weighted by atomic mass is 9.93. The van der Waals surface area contributed by atoms with Crippen molar-refractivity contribution < 1.29 is 9.90 Å². The highest BCUT2D eigenvalue weighted by Crippen LogP contribution is 2.29. The summed E-state index contributed by atoms with van der Waals surface area (Å²) in [5.41, 5.74) is 1.16. The SMILES string of the molecule is CC(O)CC(CNC(=O)N(C)CC1CC1)c1ccccc1. The van der Waals surface area contributed by atoms with Gasteiger partial charge in [0.05, 0.1) is 6.10 Å². The van der Waals surface area contributed by atoms with Crippen LogP contribution in [0.15, 0.2) is 30.3 Å². The Morgan fingerprint density at radius 3 is 2.62 bits per heavy atom. The van der Waals surface area contributed by atoms with Gasteiger partial charge in [0.15, 0.2) is 0 Å². The average Bonchev–Trinajstić information content (AvgIpc) is 3.27. The number of aliphatic hydroxyl groups excluding tert-OH is 1. The van der Waals surface area contributed by atoms with Crippen LogP contribution in [0.1, 0.15) is 37.7 Å². The van der Waals surface area contributed by atoms with E-state index in [1.165, 1.54) is 12.8 Å². The second-order valence-corrected chi connectivity index (χ2v) is 6.20. The van der Waals surface area contributed by atoms with Crippen LogP contribution in [0.25, 0.3) is 0 Å². The highest BCUT2D eigenvalue weighted by molar-refractivity contribution is 5.73. The van der Waals surface area contributed by atoms with E-state index in [0.717, 1.165) is 12.1 Å². The molecule has 0 aliphatic heterocycles. The van der Waals surface area contributed by atoms with Gasteiger partial charge in [-0.2, -0.15) is 0 Å². The van der Waals surface area contributed by atoms with E-state index >= 15 is 0 Å². The van der Waals surface area contributed by atoms with Gasteiger partial charge in [0.25, 0.3) is 0 Å². The van der Waals surface area contributed by atoms with Crippen molar-refractivity contribution in [2.45, 2.75) is 38.2 Å². The fourth-order valence-electron chi connectivity index (χ4n) is 2.59. The predicted octanol–water partition coefficient (Wildman–Crippen LogP) is 2.59. The van der Waals surface area contributed by atoms with Crippen molar-refractivity contribution in [3.05, 3.63) is 35.9 Å². The van der Waals surface area contributed by atoms with Gasteiger partial charge in [0.2, 0.25) is 0 Å². The van der Waals surface area contributed by atoms with Crippen LogP contribution in [0.5, 0.6) is 0 Å². The number of hydrogen-bond donors (Lipinski definition) is 2. The van der Waals surface area contributed by atoms with Gasteiger partial charge in [0, 0.05) is 26.1 Å². The molecule has 1 aromatic carbocycles. The van der Waals surface area contributed by atoms with E-state index in [1.54, 1.807) is 11.8 Å². The smallest absolute Gasteiger partial charge is 0.317 e. The number of urea groups is 1. The zero-order valence-corrected chi connectivity index (χ0v) is 13.0. The molecule has 1 aromatic rings. The molecule has 1 aliphatic carbocycles. The van der Waals surface area contributed by atoms with E-state index in [9.17, 15) is 9.90 Å². The van der Waals surface area contributed by atoms with Crippen molar-refractivity contribution in [3.63, 3.8) is 0 Å². The van der Waals surface area contributed by atoms with E-state index < -0.39 is 0 Å². The molecule has 4 heteroatoms. The molecule has 0 spiro atoms. The van der Waals surface area contributed by atoms with Gasteiger partial charge >= 0.3 is 6.03 Å². The monoisotopic (exact) mass is 290 g/mol. The highest BCUT2D eigenvalue weighted by atomic mass is 16.3. The molecule has 2 rings (SSSR count). The minimum atomic E-state index is -0.378. The largest absolute Gasteiger partial charge is 0.393 e. The van der Waals surface area contributed by atoms with E-state index in [1.807, 2.05) is 37.4 Å². The first-order valence-corrected chi connectivity index (χ1v) is 7.78. The first-order chi connectivity index (χ1) is 10.1. The number of hydrogen-bond acceptors (Lipinski definition) is 2. The molecule has 1 fully saturated rings. The Kier molecular flexibility index (Phi) is 5.62. The van der Waals surface area contributed by atoms with Crippen LogP contribution >= 0.6 is 0 Å². The maximum absolute atomic E-state index is 12.1. The van der Waals surface area contributed by atoms with Crippen LogP contribution in [0.3, 0.4) is 0 Å². The molecule has 2 atom stereocenters. The third-order valence-electron chi connectivity index (χ3n) is 3.97. The minimum Gasteiger partial charge on any atom is -0.393 e. The lowest BCUT2D eigenvalue weighted by Crippen LogP contribution is -2.40. The molecule has 1 saturated carbocycles. The van der Waals surface area contributed by atoms with E-state index in [-0.39, 0.29) is 18.1 Å². The number of nitrogens with one attached hydrogen (secondary N) is 1. The zero-order chi connectivity index (χ0) is 15.2. The second kappa shape index (κ2) is 7.46. The van der Waals surface area contributed by atoms with E-state index in [0.29, 0.717) is 18.9 Å². The van der Waals surface area contributed by atoms with Gasteiger partial charge in [-0.1, -0.05) is 30.3 Å². The van der Waals surface area contributed by atoms with Gasteiger partial charge in [-0.05, 0) is 37.7 Å². The lowest BCUT2D eigenvalue weighted by molar-refractivity contribution is 0.171. The molecule has 21 heavy (non-hydrogen) atoms. The van der Waals surface area contributed by atoms with E-state index in [2.05, 4.69) is 5.32 Å². The molecular weight excluding hydrogens is 264 g/mol. The molecule has 4 nitrogen and oxygen atoms in total. The molecular formula is C17H26N2O2. The summed E-state index contributed by atoms with van der Waals surface area (Å²) in [5, 5.41) is 12.7. The van der Waals surface area contributed by atoms with Gasteiger partial charge in [0.1, 0.15) is 0 Å². The first-order valence-electron chi connectivity index (χ1n) is 7.78.